The normalized spacial score (nSPS) is 20.6. The van der Waals surface area contributed by atoms with Crippen LogP contribution in [0.3, 0.4) is 0 Å². The zero-order valence-electron chi connectivity index (χ0n) is 12.9. The van der Waals surface area contributed by atoms with Crippen LogP contribution in [0.4, 0.5) is 5.69 Å². The third-order valence-corrected chi connectivity index (χ3v) is 3.69. The summed E-state index contributed by atoms with van der Waals surface area (Å²) in [5.74, 6) is -0.0912. The van der Waals surface area contributed by atoms with Crippen molar-refractivity contribution in [3.8, 4) is 0 Å². The molecule has 3 rings (SSSR count). The molecular formula is C16H21ClN4O2. The average Bonchev–Trinajstić information content (AvgIpc) is 2.95. The highest BCUT2D eigenvalue weighted by molar-refractivity contribution is 5.95. The highest BCUT2D eigenvalue weighted by Gasteiger charge is 2.28. The number of hydrogen-bond acceptors (Lipinski definition) is 4. The Kier molecular flexibility index (Phi) is 6.15. The number of aromatic nitrogens is 2. The van der Waals surface area contributed by atoms with Crippen LogP contribution in [0.1, 0.15) is 12.5 Å². The van der Waals surface area contributed by atoms with Gasteiger partial charge in [-0.2, -0.15) is 5.10 Å². The lowest BCUT2D eigenvalue weighted by Gasteiger charge is -2.29. The molecule has 6 nitrogen and oxygen atoms in total. The van der Waals surface area contributed by atoms with E-state index in [0.29, 0.717) is 25.4 Å². The standard InChI is InChI=1S/C16H20N4O2.ClH/c1-12-15(17-7-8-22-12)16(21)19-14-9-18-20(11-14)10-13-5-3-2-4-6-13;/h2-6,9,11-12,15,17H,7-8,10H2,1H3,(H,19,21);1H/t12-,15+;/m1./s1. The predicted octanol–water partition coefficient (Wildman–Crippen LogP) is 1.67. The van der Waals surface area contributed by atoms with Gasteiger partial charge >= 0.3 is 0 Å². The lowest BCUT2D eigenvalue weighted by Crippen LogP contribution is -2.53. The third kappa shape index (κ3) is 4.54. The lowest BCUT2D eigenvalue weighted by molar-refractivity contribution is -0.123. The molecule has 0 unspecified atom stereocenters. The van der Waals surface area contributed by atoms with E-state index in [-0.39, 0.29) is 30.5 Å². The molecule has 0 aliphatic carbocycles. The second-order valence-corrected chi connectivity index (χ2v) is 5.41. The molecule has 2 heterocycles. The molecule has 1 amide bonds. The van der Waals surface area contributed by atoms with E-state index in [1.165, 1.54) is 5.56 Å². The van der Waals surface area contributed by atoms with Gasteiger partial charge in [-0.1, -0.05) is 30.3 Å². The number of carbonyl (C=O) groups excluding carboxylic acids is 1. The molecule has 2 atom stereocenters. The first-order valence-corrected chi connectivity index (χ1v) is 7.44. The van der Waals surface area contributed by atoms with Crippen molar-refractivity contribution in [1.29, 1.82) is 0 Å². The van der Waals surface area contributed by atoms with Gasteiger partial charge in [0.1, 0.15) is 6.04 Å². The summed E-state index contributed by atoms with van der Waals surface area (Å²) >= 11 is 0. The molecule has 0 saturated carbocycles. The maximum absolute atomic E-state index is 12.3. The molecule has 23 heavy (non-hydrogen) atoms. The fourth-order valence-corrected chi connectivity index (χ4v) is 2.53. The molecule has 1 fully saturated rings. The van der Waals surface area contributed by atoms with Crippen LogP contribution in [0.15, 0.2) is 42.7 Å². The zero-order chi connectivity index (χ0) is 15.4. The van der Waals surface area contributed by atoms with Crippen LogP contribution in [-0.2, 0) is 16.1 Å². The lowest BCUT2D eigenvalue weighted by atomic mass is 10.1. The Bertz CT molecular complexity index is 632. The first-order valence-electron chi connectivity index (χ1n) is 7.44. The minimum atomic E-state index is -0.328. The van der Waals surface area contributed by atoms with Gasteiger partial charge in [-0.25, -0.2) is 0 Å². The molecule has 0 bridgehead atoms. The van der Waals surface area contributed by atoms with E-state index < -0.39 is 0 Å². The van der Waals surface area contributed by atoms with Gasteiger partial charge in [0.15, 0.2) is 0 Å². The van der Waals surface area contributed by atoms with E-state index in [0.717, 1.165) is 0 Å². The summed E-state index contributed by atoms with van der Waals surface area (Å²) in [7, 11) is 0. The van der Waals surface area contributed by atoms with Crippen molar-refractivity contribution in [2.75, 3.05) is 18.5 Å². The van der Waals surface area contributed by atoms with Gasteiger partial charge in [0.25, 0.3) is 0 Å². The van der Waals surface area contributed by atoms with E-state index >= 15 is 0 Å². The van der Waals surface area contributed by atoms with Gasteiger partial charge < -0.3 is 15.4 Å². The van der Waals surface area contributed by atoms with Gasteiger partial charge in [0.2, 0.25) is 5.91 Å². The van der Waals surface area contributed by atoms with Gasteiger partial charge in [-0.15, -0.1) is 12.4 Å². The zero-order valence-corrected chi connectivity index (χ0v) is 13.8. The molecule has 1 aromatic carbocycles. The number of morpholine rings is 1. The number of nitrogens with one attached hydrogen (secondary N) is 2. The number of benzene rings is 1. The van der Waals surface area contributed by atoms with Crippen LogP contribution in [0.25, 0.3) is 0 Å². The van der Waals surface area contributed by atoms with Crippen LogP contribution in [0.5, 0.6) is 0 Å². The van der Waals surface area contributed by atoms with Gasteiger partial charge in [0, 0.05) is 12.7 Å². The molecule has 1 aliphatic rings. The van der Waals surface area contributed by atoms with Crippen LogP contribution >= 0.6 is 12.4 Å². The number of hydrogen-bond donors (Lipinski definition) is 2. The van der Waals surface area contributed by atoms with Crippen molar-refractivity contribution in [3.05, 3.63) is 48.3 Å². The number of halogens is 1. The molecule has 124 valence electrons. The van der Waals surface area contributed by atoms with Crippen molar-refractivity contribution in [2.45, 2.75) is 25.6 Å². The SMILES string of the molecule is C[C@H]1OCCN[C@@H]1C(=O)Nc1cnn(Cc2ccccc2)c1.Cl. The number of rotatable bonds is 4. The molecule has 1 aliphatic heterocycles. The van der Waals surface area contributed by atoms with E-state index in [4.69, 9.17) is 4.74 Å². The number of carbonyl (C=O) groups is 1. The van der Waals surface area contributed by atoms with Crippen molar-refractivity contribution in [3.63, 3.8) is 0 Å². The minimum absolute atomic E-state index is 0. The average molecular weight is 337 g/mol. The third-order valence-electron chi connectivity index (χ3n) is 3.69. The molecule has 7 heteroatoms. The minimum Gasteiger partial charge on any atom is -0.375 e. The number of ether oxygens (including phenoxy) is 1. The highest BCUT2D eigenvalue weighted by Crippen LogP contribution is 2.11. The predicted molar refractivity (Wildman–Crippen MR) is 90.9 cm³/mol. The summed E-state index contributed by atoms with van der Waals surface area (Å²) in [6.45, 7) is 3.91. The van der Waals surface area contributed by atoms with E-state index in [1.54, 1.807) is 10.9 Å². The van der Waals surface area contributed by atoms with Gasteiger partial charge in [-0.3, -0.25) is 9.48 Å². The summed E-state index contributed by atoms with van der Waals surface area (Å²) < 4.78 is 7.29. The van der Waals surface area contributed by atoms with Crippen molar-refractivity contribution in [1.82, 2.24) is 15.1 Å². The van der Waals surface area contributed by atoms with E-state index in [2.05, 4.69) is 15.7 Å². The van der Waals surface area contributed by atoms with E-state index in [1.807, 2.05) is 43.5 Å². The topological polar surface area (TPSA) is 68.2 Å². The van der Waals surface area contributed by atoms with E-state index in [9.17, 15) is 4.79 Å². The Balaban J connectivity index is 0.00000192. The summed E-state index contributed by atoms with van der Waals surface area (Å²) in [6, 6.07) is 9.75. The van der Waals surface area contributed by atoms with Crippen molar-refractivity contribution >= 4 is 24.0 Å². The summed E-state index contributed by atoms with van der Waals surface area (Å²) in [6.07, 6.45) is 3.36. The van der Waals surface area contributed by atoms with Crippen molar-refractivity contribution < 1.29 is 9.53 Å². The first-order chi connectivity index (χ1) is 10.7. The Hall–Kier alpha value is -1.89. The summed E-state index contributed by atoms with van der Waals surface area (Å²) in [4.78, 5) is 12.3. The maximum Gasteiger partial charge on any atom is 0.244 e. The molecule has 0 radical (unpaired) electrons. The number of nitrogens with zero attached hydrogens (tertiary/aromatic N) is 2. The molecule has 2 aromatic rings. The summed E-state index contributed by atoms with van der Waals surface area (Å²) in [5.41, 5.74) is 1.86. The largest absolute Gasteiger partial charge is 0.375 e. The van der Waals surface area contributed by atoms with Crippen LogP contribution in [0, 0.1) is 0 Å². The monoisotopic (exact) mass is 336 g/mol. The first kappa shape index (κ1) is 17.5. The van der Waals surface area contributed by atoms with Crippen molar-refractivity contribution in [2.24, 2.45) is 0 Å². The Morgan fingerprint density at radius 3 is 2.96 bits per heavy atom. The quantitative estimate of drug-likeness (QED) is 0.891. The number of amides is 1. The van der Waals surface area contributed by atoms with Crippen LogP contribution in [-0.4, -0.2) is 41.0 Å². The Morgan fingerprint density at radius 1 is 1.43 bits per heavy atom. The Morgan fingerprint density at radius 2 is 2.22 bits per heavy atom. The molecule has 1 aromatic heterocycles. The van der Waals surface area contributed by atoms with Crippen LogP contribution in [0.2, 0.25) is 0 Å². The second-order valence-electron chi connectivity index (χ2n) is 5.41. The fourth-order valence-electron chi connectivity index (χ4n) is 2.53. The van der Waals surface area contributed by atoms with Crippen LogP contribution < -0.4 is 10.6 Å². The molecule has 0 spiro atoms. The second kappa shape index (κ2) is 8.10. The number of anilines is 1. The molecule has 2 N–H and O–H groups in total. The van der Waals surface area contributed by atoms with Gasteiger partial charge in [0.05, 0.1) is 31.1 Å². The fraction of sp³-hybridized carbons (Fsp3) is 0.375. The summed E-state index contributed by atoms with van der Waals surface area (Å²) in [5, 5.41) is 10.3. The smallest absolute Gasteiger partial charge is 0.244 e. The van der Waals surface area contributed by atoms with Gasteiger partial charge in [-0.05, 0) is 12.5 Å². The molecular weight excluding hydrogens is 316 g/mol. The maximum atomic E-state index is 12.3. The highest BCUT2D eigenvalue weighted by atomic mass is 35.5. The molecule has 1 saturated heterocycles. The Labute approximate surface area is 141 Å².